The highest BCUT2D eigenvalue weighted by Gasteiger charge is 2.31. The minimum absolute atomic E-state index is 0.0559. The number of Topliss-reactive ketones (excluding diaryl/α,β-unsaturated/α-hetero) is 1. The summed E-state index contributed by atoms with van der Waals surface area (Å²) in [7, 11) is -2.44. The van der Waals surface area contributed by atoms with Crippen molar-refractivity contribution in [3.05, 3.63) is 0 Å². The first kappa shape index (κ1) is 14.1. The molecule has 98 valence electrons. The zero-order valence-corrected chi connectivity index (χ0v) is 10.8. The Labute approximate surface area is 101 Å². The van der Waals surface area contributed by atoms with Gasteiger partial charge in [0, 0.05) is 19.0 Å². The van der Waals surface area contributed by atoms with Crippen molar-refractivity contribution >= 4 is 21.8 Å². The highest BCUT2D eigenvalue weighted by atomic mass is 32.2. The summed E-state index contributed by atoms with van der Waals surface area (Å²) in [6, 6.07) is 0. The molecule has 0 amide bonds. The van der Waals surface area contributed by atoms with Gasteiger partial charge in [0.25, 0.3) is 0 Å². The Bertz CT molecular complexity index is 395. The van der Waals surface area contributed by atoms with Crippen molar-refractivity contribution < 1.29 is 22.7 Å². The summed E-state index contributed by atoms with van der Waals surface area (Å²) < 4.78 is 29.1. The van der Waals surface area contributed by atoms with E-state index in [0.717, 1.165) is 7.11 Å². The number of carbonyl (C=O) groups excluding carboxylic acids is 2. The molecule has 1 heterocycles. The lowest BCUT2D eigenvalue weighted by atomic mass is 9.95. The van der Waals surface area contributed by atoms with E-state index in [4.69, 9.17) is 0 Å². The van der Waals surface area contributed by atoms with Crippen LogP contribution in [0.4, 0.5) is 0 Å². The fourth-order valence-corrected chi connectivity index (χ4v) is 3.21. The molecule has 17 heavy (non-hydrogen) atoms. The second kappa shape index (κ2) is 5.59. The Morgan fingerprint density at radius 2 is 1.82 bits per heavy atom. The van der Waals surface area contributed by atoms with Crippen LogP contribution in [0, 0.1) is 5.92 Å². The second-order valence-corrected chi connectivity index (χ2v) is 6.09. The molecule has 6 nitrogen and oxygen atoms in total. The first-order valence-corrected chi connectivity index (χ1v) is 7.03. The third kappa shape index (κ3) is 3.78. The summed E-state index contributed by atoms with van der Waals surface area (Å²) in [5.74, 6) is -1.36. The Balaban J connectivity index is 2.59. The fraction of sp³-hybridized carbons (Fsp3) is 0.800. The number of nitrogens with zero attached hydrogens (tertiary/aromatic N) is 1. The van der Waals surface area contributed by atoms with Crippen LogP contribution in [-0.4, -0.2) is 50.4 Å². The van der Waals surface area contributed by atoms with Crippen molar-refractivity contribution in [1.29, 1.82) is 0 Å². The van der Waals surface area contributed by atoms with Gasteiger partial charge in [0.05, 0.1) is 7.11 Å². The maximum atomic E-state index is 11.8. The zero-order chi connectivity index (χ0) is 13.1. The quantitative estimate of drug-likeness (QED) is 0.656. The third-order valence-electron chi connectivity index (χ3n) is 2.95. The smallest absolute Gasteiger partial charge is 0.322 e. The van der Waals surface area contributed by atoms with Crippen molar-refractivity contribution in [2.45, 2.75) is 19.8 Å². The maximum absolute atomic E-state index is 11.8. The summed E-state index contributed by atoms with van der Waals surface area (Å²) in [6.07, 6.45) is 1.05. The highest BCUT2D eigenvalue weighted by molar-refractivity contribution is 7.89. The molecule has 7 heteroatoms. The largest absolute Gasteiger partial charge is 0.468 e. The van der Waals surface area contributed by atoms with Crippen LogP contribution in [-0.2, 0) is 24.3 Å². The Hall–Kier alpha value is -0.950. The maximum Gasteiger partial charge on any atom is 0.322 e. The van der Waals surface area contributed by atoms with Crippen LogP contribution in [0.1, 0.15) is 19.8 Å². The van der Waals surface area contributed by atoms with Crippen LogP contribution in [0.5, 0.6) is 0 Å². The SMILES string of the molecule is COC(=O)CS(=O)(=O)N1CCC(C(C)=O)CC1. The van der Waals surface area contributed by atoms with Gasteiger partial charge in [-0.15, -0.1) is 0 Å². The molecule has 0 atom stereocenters. The van der Waals surface area contributed by atoms with Crippen molar-refractivity contribution in [2.24, 2.45) is 5.92 Å². The molecule has 0 saturated carbocycles. The number of piperidine rings is 1. The fourth-order valence-electron chi connectivity index (χ4n) is 1.84. The number of sulfonamides is 1. The molecule has 0 aliphatic carbocycles. The lowest BCUT2D eigenvalue weighted by molar-refractivity contribution is -0.137. The molecule has 0 aromatic rings. The van der Waals surface area contributed by atoms with Crippen LogP contribution in [0.25, 0.3) is 0 Å². The molecule has 0 unspecified atom stereocenters. The molecular weight excluding hydrogens is 246 g/mol. The van der Waals surface area contributed by atoms with Crippen LogP contribution in [0.3, 0.4) is 0 Å². The predicted molar refractivity (Wildman–Crippen MR) is 60.8 cm³/mol. The molecule has 0 N–H and O–H groups in total. The van der Waals surface area contributed by atoms with E-state index in [0.29, 0.717) is 25.9 Å². The van der Waals surface area contributed by atoms with Crippen molar-refractivity contribution in [1.82, 2.24) is 4.31 Å². The Morgan fingerprint density at radius 1 is 1.29 bits per heavy atom. The van der Waals surface area contributed by atoms with Gasteiger partial charge in [-0.3, -0.25) is 9.59 Å². The number of hydrogen-bond acceptors (Lipinski definition) is 5. The minimum atomic E-state index is -3.60. The first-order chi connectivity index (χ1) is 7.86. The number of rotatable bonds is 4. The van der Waals surface area contributed by atoms with Gasteiger partial charge in [-0.05, 0) is 19.8 Å². The monoisotopic (exact) mass is 263 g/mol. The third-order valence-corrected chi connectivity index (χ3v) is 4.70. The van der Waals surface area contributed by atoms with Crippen LogP contribution in [0.15, 0.2) is 0 Å². The average molecular weight is 263 g/mol. The number of methoxy groups -OCH3 is 1. The van der Waals surface area contributed by atoms with E-state index in [9.17, 15) is 18.0 Å². The summed E-state index contributed by atoms with van der Waals surface area (Å²) in [5.41, 5.74) is 0. The van der Waals surface area contributed by atoms with Crippen LogP contribution >= 0.6 is 0 Å². The Morgan fingerprint density at radius 3 is 2.24 bits per heavy atom. The van der Waals surface area contributed by atoms with E-state index in [2.05, 4.69) is 4.74 Å². The van der Waals surface area contributed by atoms with Gasteiger partial charge in [-0.2, -0.15) is 0 Å². The normalized spacial score (nSPS) is 18.9. The van der Waals surface area contributed by atoms with E-state index in [1.807, 2.05) is 0 Å². The summed E-state index contributed by atoms with van der Waals surface area (Å²) in [5, 5.41) is 0. The van der Waals surface area contributed by atoms with Crippen molar-refractivity contribution in [2.75, 3.05) is 26.0 Å². The van der Waals surface area contributed by atoms with Crippen molar-refractivity contribution in [3.8, 4) is 0 Å². The van der Waals surface area contributed by atoms with Gasteiger partial charge in [0.15, 0.2) is 5.75 Å². The van der Waals surface area contributed by atoms with E-state index in [1.165, 1.54) is 11.2 Å². The van der Waals surface area contributed by atoms with Gasteiger partial charge >= 0.3 is 5.97 Å². The molecule has 0 radical (unpaired) electrons. The molecule has 1 aliphatic rings. The highest BCUT2D eigenvalue weighted by Crippen LogP contribution is 2.20. The van der Waals surface area contributed by atoms with Gasteiger partial charge < -0.3 is 4.74 Å². The molecule has 1 saturated heterocycles. The topological polar surface area (TPSA) is 80.8 Å². The van der Waals surface area contributed by atoms with Gasteiger partial charge in [0.2, 0.25) is 10.0 Å². The molecule has 1 aliphatic heterocycles. The first-order valence-electron chi connectivity index (χ1n) is 5.42. The van der Waals surface area contributed by atoms with E-state index < -0.39 is 21.7 Å². The molecular formula is C10H17NO5S. The zero-order valence-electron chi connectivity index (χ0n) is 10.0. The molecule has 0 bridgehead atoms. The summed E-state index contributed by atoms with van der Waals surface area (Å²) in [4.78, 5) is 22.1. The van der Waals surface area contributed by atoms with E-state index in [1.54, 1.807) is 0 Å². The molecule has 1 rings (SSSR count). The van der Waals surface area contributed by atoms with Gasteiger partial charge in [-0.1, -0.05) is 0 Å². The Kier molecular flexibility index (Phi) is 4.64. The number of esters is 1. The number of ketones is 1. The molecule has 0 spiro atoms. The standard InChI is InChI=1S/C10H17NO5S/c1-8(12)9-3-5-11(6-4-9)17(14,15)7-10(13)16-2/h9H,3-7H2,1-2H3. The van der Waals surface area contributed by atoms with Gasteiger partial charge in [-0.25, -0.2) is 12.7 Å². The molecule has 0 aromatic heterocycles. The number of carbonyl (C=O) groups is 2. The van der Waals surface area contributed by atoms with Crippen LogP contribution in [0.2, 0.25) is 0 Å². The molecule has 0 aromatic carbocycles. The minimum Gasteiger partial charge on any atom is -0.468 e. The summed E-state index contributed by atoms with van der Waals surface area (Å²) in [6.45, 7) is 2.11. The van der Waals surface area contributed by atoms with Crippen LogP contribution < -0.4 is 0 Å². The number of ether oxygens (including phenoxy) is 1. The van der Waals surface area contributed by atoms with Crippen molar-refractivity contribution in [3.63, 3.8) is 0 Å². The predicted octanol–water partition coefficient (Wildman–Crippen LogP) is -0.210. The molecule has 1 fully saturated rings. The lowest BCUT2D eigenvalue weighted by Crippen LogP contribution is -2.42. The van der Waals surface area contributed by atoms with E-state index in [-0.39, 0.29) is 11.7 Å². The lowest BCUT2D eigenvalue weighted by Gasteiger charge is -2.29. The average Bonchev–Trinajstić information content (AvgIpc) is 2.28. The second-order valence-electron chi connectivity index (χ2n) is 4.12. The summed E-state index contributed by atoms with van der Waals surface area (Å²) >= 11 is 0. The van der Waals surface area contributed by atoms with E-state index >= 15 is 0 Å². The van der Waals surface area contributed by atoms with Gasteiger partial charge in [0.1, 0.15) is 5.78 Å². The number of hydrogen-bond donors (Lipinski definition) is 0.